The predicted octanol–water partition coefficient (Wildman–Crippen LogP) is 1.53. The third kappa shape index (κ3) is 2.39. The molecule has 2 heterocycles. The van der Waals surface area contributed by atoms with E-state index in [9.17, 15) is 4.79 Å². The molecule has 0 aliphatic carbocycles. The first-order valence-electron chi connectivity index (χ1n) is 6.45. The molecule has 1 saturated heterocycles. The van der Waals surface area contributed by atoms with Crippen LogP contribution < -0.4 is 16.4 Å². The fourth-order valence-corrected chi connectivity index (χ4v) is 2.55. The van der Waals surface area contributed by atoms with Crippen molar-refractivity contribution in [3.8, 4) is 0 Å². The number of carbonyl (C=O) groups excluding carboxylic acids is 1. The molecule has 0 aromatic carbocycles. The Kier molecular flexibility index (Phi) is 3.69. The van der Waals surface area contributed by atoms with E-state index >= 15 is 0 Å². The number of pyridine rings is 1. The molecule has 1 aromatic heterocycles. The molecule has 0 spiro atoms. The number of hydrogen-bond donors (Lipinski definition) is 2. The number of nitrogens with two attached hydrogens (primary N) is 2. The number of nitrogen functional groups attached to an aromatic ring is 1. The van der Waals surface area contributed by atoms with Gasteiger partial charge >= 0.3 is 0 Å². The van der Waals surface area contributed by atoms with Gasteiger partial charge in [-0.25, -0.2) is 4.98 Å². The number of amides is 1. The Bertz CT molecular complexity index is 447. The maximum Gasteiger partial charge on any atom is 0.250 e. The summed E-state index contributed by atoms with van der Waals surface area (Å²) in [6.07, 6.45) is 6.20. The number of piperidine rings is 1. The monoisotopic (exact) mass is 248 g/mol. The summed E-state index contributed by atoms with van der Waals surface area (Å²) in [5, 5.41) is 0. The fourth-order valence-electron chi connectivity index (χ4n) is 2.55. The lowest BCUT2D eigenvalue weighted by molar-refractivity contribution is 0.100. The zero-order valence-corrected chi connectivity index (χ0v) is 10.7. The van der Waals surface area contributed by atoms with Crippen LogP contribution in [0.4, 0.5) is 11.5 Å². The molecule has 5 heteroatoms. The van der Waals surface area contributed by atoms with E-state index in [0.29, 0.717) is 17.3 Å². The van der Waals surface area contributed by atoms with Gasteiger partial charge in [0.25, 0.3) is 5.91 Å². The number of nitrogens with zero attached hydrogens (tertiary/aromatic N) is 2. The van der Waals surface area contributed by atoms with E-state index in [-0.39, 0.29) is 0 Å². The van der Waals surface area contributed by atoms with Crippen LogP contribution in [0.15, 0.2) is 12.3 Å². The van der Waals surface area contributed by atoms with Crippen LogP contribution in [-0.2, 0) is 0 Å². The average Bonchev–Trinajstić information content (AvgIpc) is 2.39. The highest BCUT2D eigenvalue weighted by Gasteiger charge is 2.23. The second kappa shape index (κ2) is 5.25. The molecular formula is C13H20N4O. The lowest BCUT2D eigenvalue weighted by atomic mass is 10.00. The minimum absolute atomic E-state index is 0.344. The van der Waals surface area contributed by atoms with E-state index < -0.39 is 5.91 Å². The van der Waals surface area contributed by atoms with Crippen molar-refractivity contribution >= 4 is 17.4 Å². The molecule has 1 aliphatic rings. The average molecular weight is 248 g/mol. The number of carbonyl (C=O) groups is 1. The number of hydrogen-bond acceptors (Lipinski definition) is 4. The maximum absolute atomic E-state index is 11.3. The molecule has 0 bridgehead atoms. The largest absolute Gasteiger partial charge is 0.397 e. The van der Waals surface area contributed by atoms with Crippen molar-refractivity contribution in [1.82, 2.24) is 4.98 Å². The van der Waals surface area contributed by atoms with Crippen molar-refractivity contribution in [2.75, 3.05) is 17.2 Å². The second-order valence-electron chi connectivity index (χ2n) is 4.75. The SMILES string of the molecule is CCC1CCCCN1c1cc(C(N)=O)c(N)cn1. The summed E-state index contributed by atoms with van der Waals surface area (Å²) >= 11 is 0. The Morgan fingerprint density at radius 3 is 3.00 bits per heavy atom. The highest BCUT2D eigenvalue weighted by molar-refractivity contribution is 5.98. The first-order valence-corrected chi connectivity index (χ1v) is 6.45. The molecule has 0 radical (unpaired) electrons. The van der Waals surface area contributed by atoms with Crippen LogP contribution in [0.3, 0.4) is 0 Å². The first kappa shape index (κ1) is 12.7. The molecule has 1 atom stereocenters. The molecule has 0 saturated carbocycles. The molecule has 98 valence electrons. The third-order valence-electron chi connectivity index (χ3n) is 3.58. The number of anilines is 2. The van der Waals surface area contributed by atoms with E-state index in [0.717, 1.165) is 25.2 Å². The fraction of sp³-hybridized carbons (Fsp3) is 0.538. The summed E-state index contributed by atoms with van der Waals surface area (Å²) in [5.74, 6) is 0.311. The minimum atomic E-state index is -0.499. The summed E-state index contributed by atoms with van der Waals surface area (Å²) in [6.45, 7) is 3.16. The molecule has 1 fully saturated rings. The standard InChI is InChI=1S/C13H20N4O/c1-2-9-5-3-4-6-17(9)12-7-10(13(15)18)11(14)8-16-12/h7-9H,2-6,14H2,1H3,(H2,15,18). The van der Waals surface area contributed by atoms with Crippen LogP contribution in [0.1, 0.15) is 43.0 Å². The Hall–Kier alpha value is -1.78. The molecular weight excluding hydrogens is 228 g/mol. The minimum Gasteiger partial charge on any atom is -0.397 e. The molecule has 1 unspecified atom stereocenters. The summed E-state index contributed by atoms with van der Waals surface area (Å²) in [4.78, 5) is 17.9. The molecule has 2 rings (SSSR count). The highest BCUT2D eigenvalue weighted by Crippen LogP contribution is 2.26. The molecule has 1 amide bonds. The van der Waals surface area contributed by atoms with Gasteiger partial charge in [0.05, 0.1) is 17.4 Å². The van der Waals surface area contributed by atoms with Gasteiger partial charge in [0.2, 0.25) is 0 Å². The van der Waals surface area contributed by atoms with E-state index in [2.05, 4.69) is 16.8 Å². The topological polar surface area (TPSA) is 85.2 Å². The zero-order valence-electron chi connectivity index (χ0n) is 10.7. The van der Waals surface area contributed by atoms with E-state index in [1.54, 1.807) is 6.07 Å². The summed E-state index contributed by atoms with van der Waals surface area (Å²) in [5.41, 5.74) is 11.7. The van der Waals surface area contributed by atoms with Crippen LogP contribution in [0.2, 0.25) is 0 Å². The van der Waals surface area contributed by atoms with E-state index in [1.165, 1.54) is 19.0 Å². The first-order chi connectivity index (χ1) is 8.63. The maximum atomic E-state index is 11.3. The van der Waals surface area contributed by atoms with Gasteiger partial charge in [0, 0.05) is 12.6 Å². The Labute approximate surface area is 107 Å². The smallest absolute Gasteiger partial charge is 0.250 e. The highest BCUT2D eigenvalue weighted by atomic mass is 16.1. The van der Waals surface area contributed by atoms with Crippen LogP contribution in [0.5, 0.6) is 0 Å². The lowest BCUT2D eigenvalue weighted by Crippen LogP contribution is -2.39. The van der Waals surface area contributed by atoms with E-state index in [4.69, 9.17) is 11.5 Å². The molecule has 18 heavy (non-hydrogen) atoms. The van der Waals surface area contributed by atoms with Crippen molar-refractivity contribution < 1.29 is 4.79 Å². The van der Waals surface area contributed by atoms with Gasteiger partial charge in [-0.05, 0) is 31.7 Å². The van der Waals surface area contributed by atoms with Gasteiger partial charge in [-0.1, -0.05) is 6.92 Å². The van der Waals surface area contributed by atoms with Crippen LogP contribution in [-0.4, -0.2) is 23.5 Å². The molecule has 1 aliphatic heterocycles. The lowest BCUT2D eigenvalue weighted by Gasteiger charge is -2.36. The second-order valence-corrected chi connectivity index (χ2v) is 4.75. The van der Waals surface area contributed by atoms with Crippen molar-refractivity contribution in [3.63, 3.8) is 0 Å². The van der Waals surface area contributed by atoms with Crippen LogP contribution in [0.25, 0.3) is 0 Å². The van der Waals surface area contributed by atoms with Crippen LogP contribution >= 0.6 is 0 Å². The zero-order chi connectivity index (χ0) is 13.1. The van der Waals surface area contributed by atoms with Crippen molar-refractivity contribution in [1.29, 1.82) is 0 Å². The quantitative estimate of drug-likeness (QED) is 0.849. The molecule has 4 N–H and O–H groups in total. The van der Waals surface area contributed by atoms with Gasteiger partial charge in [-0.3, -0.25) is 4.79 Å². The Morgan fingerprint density at radius 2 is 2.33 bits per heavy atom. The summed E-state index contributed by atoms with van der Waals surface area (Å²) < 4.78 is 0. The van der Waals surface area contributed by atoms with Gasteiger partial charge in [0.15, 0.2) is 0 Å². The normalized spacial score (nSPS) is 19.8. The number of aromatic nitrogens is 1. The van der Waals surface area contributed by atoms with Gasteiger partial charge < -0.3 is 16.4 Å². The number of primary amides is 1. The molecule has 1 aromatic rings. The van der Waals surface area contributed by atoms with E-state index in [1.807, 2.05) is 0 Å². The predicted molar refractivity (Wildman–Crippen MR) is 72.4 cm³/mol. The third-order valence-corrected chi connectivity index (χ3v) is 3.58. The molecule has 5 nitrogen and oxygen atoms in total. The summed E-state index contributed by atoms with van der Waals surface area (Å²) in [7, 11) is 0. The van der Waals surface area contributed by atoms with Gasteiger partial charge in [-0.2, -0.15) is 0 Å². The van der Waals surface area contributed by atoms with Crippen molar-refractivity contribution in [2.24, 2.45) is 5.73 Å². The Balaban J connectivity index is 2.32. The Morgan fingerprint density at radius 1 is 1.56 bits per heavy atom. The summed E-state index contributed by atoms with van der Waals surface area (Å²) in [6, 6.07) is 2.21. The van der Waals surface area contributed by atoms with Crippen LogP contribution in [0, 0.1) is 0 Å². The number of rotatable bonds is 3. The van der Waals surface area contributed by atoms with Crippen molar-refractivity contribution in [3.05, 3.63) is 17.8 Å². The van der Waals surface area contributed by atoms with Crippen molar-refractivity contribution in [2.45, 2.75) is 38.6 Å². The van der Waals surface area contributed by atoms with Gasteiger partial charge in [-0.15, -0.1) is 0 Å². The van der Waals surface area contributed by atoms with Gasteiger partial charge in [0.1, 0.15) is 5.82 Å².